The second-order valence-corrected chi connectivity index (χ2v) is 5.80. The molecule has 0 atom stereocenters. The van der Waals surface area contributed by atoms with Crippen molar-refractivity contribution >= 4 is 23.2 Å². The SMILES string of the molecule is COc1ccc(-c2nnn(CC(=O)Nc3ccc(F)c(Cl)c3)n2)cc1OC. The van der Waals surface area contributed by atoms with Crippen molar-refractivity contribution in [2.45, 2.75) is 6.54 Å². The predicted octanol–water partition coefficient (Wildman–Crippen LogP) is 2.79. The summed E-state index contributed by atoms with van der Waals surface area (Å²) in [6, 6.07) is 9.08. The topological polar surface area (TPSA) is 91.2 Å². The highest BCUT2D eigenvalue weighted by Gasteiger charge is 2.13. The van der Waals surface area contributed by atoms with E-state index in [1.54, 1.807) is 25.3 Å². The number of nitrogens with one attached hydrogen (secondary N) is 1. The zero-order valence-corrected chi connectivity index (χ0v) is 15.2. The molecule has 1 heterocycles. The third-order valence-corrected chi connectivity index (χ3v) is 3.87. The van der Waals surface area contributed by atoms with Crippen LogP contribution in [-0.2, 0) is 11.3 Å². The Kier molecular flexibility index (Phi) is 5.51. The van der Waals surface area contributed by atoms with E-state index >= 15 is 0 Å². The van der Waals surface area contributed by atoms with Gasteiger partial charge in [-0.05, 0) is 41.6 Å². The molecule has 0 aliphatic heterocycles. The first kappa shape index (κ1) is 18.6. The van der Waals surface area contributed by atoms with E-state index in [1.807, 2.05) is 0 Å². The number of ether oxygens (including phenoxy) is 2. The van der Waals surface area contributed by atoms with E-state index < -0.39 is 11.7 Å². The summed E-state index contributed by atoms with van der Waals surface area (Å²) in [5.41, 5.74) is 1.02. The van der Waals surface area contributed by atoms with Gasteiger partial charge >= 0.3 is 0 Å². The molecular formula is C17H15ClFN5O3. The fraction of sp³-hybridized carbons (Fsp3) is 0.176. The lowest BCUT2D eigenvalue weighted by atomic mass is 10.2. The van der Waals surface area contributed by atoms with Crippen LogP contribution in [0, 0.1) is 5.82 Å². The van der Waals surface area contributed by atoms with Gasteiger partial charge in [-0.15, -0.1) is 10.2 Å². The van der Waals surface area contributed by atoms with Gasteiger partial charge in [-0.25, -0.2) is 4.39 Å². The molecule has 0 bridgehead atoms. The molecule has 140 valence electrons. The molecule has 10 heteroatoms. The van der Waals surface area contributed by atoms with Crippen LogP contribution in [-0.4, -0.2) is 40.3 Å². The van der Waals surface area contributed by atoms with Gasteiger partial charge in [-0.1, -0.05) is 11.6 Å². The Balaban J connectivity index is 1.70. The number of halogens is 2. The molecule has 0 aliphatic carbocycles. The summed E-state index contributed by atoms with van der Waals surface area (Å²) >= 11 is 5.69. The van der Waals surface area contributed by atoms with Crippen molar-refractivity contribution < 1.29 is 18.7 Å². The van der Waals surface area contributed by atoms with E-state index in [-0.39, 0.29) is 11.6 Å². The molecule has 3 rings (SSSR count). The fourth-order valence-corrected chi connectivity index (χ4v) is 2.48. The number of hydrogen-bond donors (Lipinski definition) is 1. The molecule has 0 saturated carbocycles. The van der Waals surface area contributed by atoms with Crippen LogP contribution in [0.4, 0.5) is 10.1 Å². The van der Waals surface area contributed by atoms with Crippen molar-refractivity contribution in [3.05, 3.63) is 47.2 Å². The van der Waals surface area contributed by atoms with Crippen LogP contribution in [0.2, 0.25) is 5.02 Å². The second-order valence-electron chi connectivity index (χ2n) is 5.39. The third-order valence-electron chi connectivity index (χ3n) is 3.58. The largest absolute Gasteiger partial charge is 0.493 e. The van der Waals surface area contributed by atoms with E-state index in [1.165, 1.54) is 25.3 Å². The number of carbonyl (C=O) groups excluding carboxylic acids is 1. The van der Waals surface area contributed by atoms with Crippen molar-refractivity contribution in [1.29, 1.82) is 0 Å². The fourth-order valence-electron chi connectivity index (χ4n) is 2.30. The first-order chi connectivity index (χ1) is 13.0. The first-order valence-electron chi connectivity index (χ1n) is 7.75. The molecule has 0 spiro atoms. The Hall–Kier alpha value is -3.20. The van der Waals surface area contributed by atoms with E-state index in [9.17, 15) is 9.18 Å². The van der Waals surface area contributed by atoms with Gasteiger partial charge in [0.15, 0.2) is 11.5 Å². The number of anilines is 1. The number of carbonyl (C=O) groups is 1. The summed E-state index contributed by atoms with van der Waals surface area (Å²) in [5.74, 6) is 0.456. The van der Waals surface area contributed by atoms with Crippen LogP contribution in [0.1, 0.15) is 0 Å². The van der Waals surface area contributed by atoms with Crippen molar-refractivity contribution in [1.82, 2.24) is 20.2 Å². The van der Waals surface area contributed by atoms with Crippen molar-refractivity contribution in [2.24, 2.45) is 0 Å². The Morgan fingerprint density at radius 1 is 1.19 bits per heavy atom. The monoisotopic (exact) mass is 391 g/mol. The summed E-state index contributed by atoms with van der Waals surface area (Å²) in [6.07, 6.45) is 0. The van der Waals surface area contributed by atoms with Crippen molar-refractivity contribution in [3.8, 4) is 22.9 Å². The van der Waals surface area contributed by atoms with Crippen molar-refractivity contribution in [2.75, 3.05) is 19.5 Å². The summed E-state index contributed by atoms with van der Waals surface area (Å²) in [4.78, 5) is 13.2. The molecule has 0 fully saturated rings. The maximum atomic E-state index is 13.2. The Bertz CT molecular complexity index is 979. The van der Waals surface area contributed by atoms with Gasteiger partial charge in [-0.2, -0.15) is 4.80 Å². The lowest BCUT2D eigenvalue weighted by Gasteiger charge is -2.07. The van der Waals surface area contributed by atoms with Crippen LogP contribution in [0.25, 0.3) is 11.4 Å². The van der Waals surface area contributed by atoms with Crippen LogP contribution in [0.5, 0.6) is 11.5 Å². The highest BCUT2D eigenvalue weighted by Crippen LogP contribution is 2.30. The van der Waals surface area contributed by atoms with Crippen LogP contribution in [0.3, 0.4) is 0 Å². The molecule has 1 amide bonds. The minimum absolute atomic E-state index is 0.0811. The highest BCUT2D eigenvalue weighted by molar-refractivity contribution is 6.31. The first-order valence-corrected chi connectivity index (χ1v) is 8.13. The number of tetrazole rings is 1. The van der Waals surface area contributed by atoms with Gasteiger partial charge in [-0.3, -0.25) is 4.79 Å². The Morgan fingerprint density at radius 3 is 2.67 bits per heavy atom. The van der Waals surface area contributed by atoms with Gasteiger partial charge in [0.2, 0.25) is 11.7 Å². The molecule has 0 aliphatic rings. The van der Waals surface area contributed by atoms with E-state index in [0.717, 1.165) is 4.80 Å². The molecule has 27 heavy (non-hydrogen) atoms. The minimum atomic E-state index is -0.563. The van der Waals surface area contributed by atoms with E-state index in [4.69, 9.17) is 21.1 Å². The molecule has 2 aromatic carbocycles. The summed E-state index contributed by atoms with van der Waals surface area (Å²) in [7, 11) is 3.07. The van der Waals surface area contributed by atoms with E-state index in [0.29, 0.717) is 28.6 Å². The number of rotatable bonds is 6. The maximum absolute atomic E-state index is 13.2. The number of aromatic nitrogens is 4. The average Bonchev–Trinajstić information content (AvgIpc) is 3.12. The molecule has 1 N–H and O–H groups in total. The van der Waals surface area contributed by atoms with Crippen molar-refractivity contribution in [3.63, 3.8) is 0 Å². The van der Waals surface area contributed by atoms with Gasteiger partial charge in [0.1, 0.15) is 12.4 Å². The number of methoxy groups -OCH3 is 2. The average molecular weight is 392 g/mol. The number of amides is 1. The molecule has 0 saturated heterocycles. The lowest BCUT2D eigenvalue weighted by molar-refractivity contribution is -0.117. The summed E-state index contributed by atoms with van der Waals surface area (Å²) < 4.78 is 23.6. The quantitative estimate of drug-likeness (QED) is 0.694. The number of hydrogen-bond acceptors (Lipinski definition) is 6. The molecule has 0 unspecified atom stereocenters. The summed E-state index contributed by atoms with van der Waals surface area (Å²) in [5, 5.41) is 14.5. The molecule has 3 aromatic rings. The van der Waals surface area contributed by atoms with Gasteiger partial charge in [0.25, 0.3) is 0 Å². The highest BCUT2D eigenvalue weighted by atomic mass is 35.5. The molecule has 8 nitrogen and oxygen atoms in total. The van der Waals surface area contributed by atoms with Crippen LogP contribution >= 0.6 is 11.6 Å². The molecular weight excluding hydrogens is 377 g/mol. The lowest BCUT2D eigenvalue weighted by Crippen LogP contribution is -2.20. The molecule has 1 aromatic heterocycles. The van der Waals surface area contributed by atoms with Gasteiger partial charge < -0.3 is 14.8 Å². The zero-order chi connectivity index (χ0) is 19.4. The van der Waals surface area contributed by atoms with E-state index in [2.05, 4.69) is 20.7 Å². The zero-order valence-electron chi connectivity index (χ0n) is 14.4. The Morgan fingerprint density at radius 2 is 1.96 bits per heavy atom. The number of nitrogens with zero attached hydrogens (tertiary/aromatic N) is 4. The van der Waals surface area contributed by atoms with Gasteiger partial charge in [0, 0.05) is 11.3 Å². The smallest absolute Gasteiger partial charge is 0.248 e. The van der Waals surface area contributed by atoms with Crippen LogP contribution in [0.15, 0.2) is 36.4 Å². The third kappa shape index (κ3) is 4.32. The van der Waals surface area contributed by atoms with Gasteiger partial charge in [0.05, 0.1) is 19.2 Å². The standard InChI is InChI=1S/C17H15ClFN5O3/c1-26-14-6-3-10(7-15(14)27-2)17-21-23-24(22-17)9-16(25)20-11-4-5-13(19)12(18)8-11/h3-8H,9H2,1-2H3,(H,20,25). The number of benzene rings is 2. The Labute approximate surface area is 158 Å². The minimum Gasteiger partial charge on any atom is -0.493 e. The predicted molar refractivity (Wildman–Crippen MR) is 96.4 cm³/mol. The van der Waals surface area contributed by atoms with Crippen LogP contribution < -0.4 is 14.8 Å². The molecule has 0 radical (unpaired) electrons. The second kappa shape index (κ2) is 8.00. The summed E-state index contributed by atoms with van der Waals surface area (Å²) in [6.45, 7) is -0.171. The maximum Gasteiger partial charge on any atom is 0.248 e. The normalized spacial score (nSPS) is 10.5.